The van der Waals surface area contributed by atoms with Crippen molar-refractivity contribution in [3.8, 4) is 11.4 Å². The van der Waals surface area contributed by atoms with Crippen LogP contribution in [0.4, 0.5) is 0 Å². The molecule has 21 heavy (non-hydrogen) atoms. The van der Waals surface area contributed by atoms with Crippen LogP contribution in [-0.2, 0) is 12.8 Å². The highest BCUT2D eigenvalue weighted by atomic mass is 79.9. The van der Waals surface area contributed by atoms with Crippen LogP contribution in [-0.4, -0.2) is 23.6 Å². The number of aromatic nitrogens is 2. The van der Waals surface area contributed by atoms with E-state index in [1.54, 1.807) is 0 Å². The molecule has 0 saturated heterocycles. The Balaban J connectivity index is 1.96. The predicted molar refractivity (Wildman–Crippen MR) is 89.3 cm³/mol. The van der Waals surface area contributed by atoms with Gasteiger partial charge >= 0.3 is 0 Å². The average Bonchev–Trinajstić information content (AvgIpc) is 2.48. The zero-order valence-corrected chi connectivity index (χ0v) is 14.1. The highest BCUT2D eigenvalue weighted by Gasteiger charge is 2.22. The lowest BCUT2D eigenvalue weighted by Crippen LogP contribution is -2.26. The molecule has 110 valence electrons. The molecular formula is C17H20BrN3. The molecule has 1 aromatic heterocycles. The van der Waals surface area contributed by atoms with E-state index in [0.717, 1.165) is 40.9 Å². The summed E-state index contributed by atoms with van der Waals surface area (Å²) >= 11 is 3.52. The molecule has 1 heterocycles. The van der Waals surface area contributed by atoms with Crippen molar-refractivity contribution < 1.29 is 0 Å². The van der Waals surface area contributed by atoms with Crippen LogP contribution in [0.15, 0.2) is 28.7 Å². The standard InChI is InChI=1S/C17H20BrN3/c1-11-15-8-12(10-19-2)6-7-16(15)21-17(20-11)13-4-3-5-14(18)9-13/h3-5,9,12,19H,6-8,10H2,1-2H3. The lowest BCUT2D eigenvalue weighted by atomic mass is 9.85. The highest BCUT2D eigenvalue weighted by molar-refractivity contribution is 9.10. The Hall–Kier alpha value is -1.26. The summed E-state index contributed by atoms with van der Waals surface area (Å²) in [6, 6.07) is 8.20. The Bertz CT molecular complexity index is 654. The molecule has 0 bridgehead atoms. The van der Waals surface area contributed by atoms with Crippen LogP contribution in [0.25, 0.3) is 11.4 Å². The summed E-state index contributed by atoms with van der Waals surface area (Å²) < 4.78 is 1.06. The summed E-state index contributed by atoms with van der Waals surface area (Å²) in [5, 5.41) is 3.29. The van der Waals surface area contributed by atoms with Crippen molar-refractivity contribution in [2.24, 2.45) is 5.92 Å². The maximum absolute atomic E-state index is 4.83. The summed E-state index contributed by atoms with van der Waals surface area (Å²) in [6.07, 6.45) is 3.37. The topological polar surface area (TPSA) is 37.8 Å². The van der Waals surface area contributed by atoms with Crippen molar-refractivity contribution in [2.45, 2.75) is 26.2 Å². The summed E-state index contributed by atoms with van der Waals surface area (Å²) in [4.78, 5) is 9.57. The van der Waals surface area contributed by atoms with Gasteiger partial charge in [-0.3, -0.25) is 0 Å². The molecule has 0 fully saturated rings. The van der Waals surface area contributed by atoms with E-state index < -0.39 is 0 Å². The van der Waals surface area contributed by atoms with Gasteiger partial charge < -0.3 is 5.32 Å². The number of hydrogen-bond acceptors (Lipinski definition) is 3. The third-order valence-electron chi connectivity index (χ3n) is 4.16. The Labute approximate surface area is 134 Å². The number of fused-ring (bicyclic) bond motifs is 1. The summed E-state index contributed by atoms with van der Waals surface area (Å²) in [5.74, 6) is 1.56. The first-order valence-corrected chi connectivity index (χ1v) is 8.23. The number of halogens is 1. The lowest BCUT2D eigenvalue weighted by molar-refractivity contribution is 0.433. The molecule has 4 heteroatoms. The number of nitrogens with zero attached hydrogens (tertiary/aromatic N) is 2. The number of benzene rings is 1. The van der Waals surface area contributed by atoms with Gasteiger partial charge in [-0.15, -0.1) is 0 Å². The molecule has 2 aromatic rings. The van der Waals surface area contributed by atoms with E-state index in [1.165, 1.54) is 17.7 Å². The normalized spacial score (nSPS) is 17.6. The molecule has 0 amide bonds. The van der Waals surface area contributed by atoms with Crippen molar-refractivity contribution in [3.63, 3.8) is 0 Å². The Kier molecular flexibility index (Phi) is 4.36. The van der Waals surface area contributed by atoms with E-state index in [-0.39, 0.29) is 0 Å². The van der Waals surface area contributed by atoms with E-state index in [9.17, 15) is 0 Å². The third-order valence-corrected chi connectivity index (χ3v) is 4.65. The van der Waals surface area contributed by atoms with Gasteiger partial charge in [0.05, 0.1) is 0 Å². The van der Waals surface area contributed by atoms with Gasteiger partial charge in [0.25, 0.3) is 0 Å². The molecule has 0 saturated carbocycles. The van der Waals surface area contributed by atoms with Gasteiger partial charge in [-0.25, -0.2) is 9.97 Å². The molecule has 1 aliphatic carbocycles. The van der Waals surface area contributed by atoms with Crippen molar-refractivity contribution in [2.75, 3.05) is 13.6 Å². The number of rotatable bonds is 3. The largest absolute Gasteiger partial charge is 0.319 e. The zero-order valence-electron chi connectivity index (χ0n) is 12.5. The minimum atomic E-state index is 0.710. The maximum atomic E-state index is 4.83. The van der Waals surface area contributed by atoms with Crippen LogP contribution in [0.2, 0.25) is 0 Å². The van der Waals surface area contributed by atoms with Crippen LogP contribution < -0.4 is 5.32 Å². The van der Waals surface area contributed by atoms with Gasteiger partial charge in [0.2, 0.25) is 0 Å². The Morgan fingerprint density at radius 2 is 2.19 bits per heavy atom. The van der Waals surface area contributed by atoms with E-state index in [0.29, 0.717) is 5.92 Å². The first-order chi connectivity index (χ1) is 10.2. The number of hydrogen-bond donors (Lipinski definition) is 1. The minimum Gasteiger partial charge on any atom is -0.319 e. The van der Waals surface area contributed by atoms with Gasteiger partial charge in [0, 0.05) is 21.4 Å². The number of nitrogens with one attached hydrogen (secondary N) is 1. The van der Waals surface area contributed by atoms with Crippen LogP contribution in [0.3, 0.4) is 0 Å². The predicted octanol–water partition coefficient (Wildman–Crippen LogP) is 3.54. The van der Waals surface area contributed by atoms with Gasteiger partial charge in [-0.2, -0.15) is 0 Å². The molecular weight excluding hydrogens is 326 g/mol. The van der Waals surface area contributed by atoms with E-state index in [4.69, 9.17) is 9.97 Å². The van der Waals surface area contributed by atoms with Crippen molar-refractivity contribution in [1.82, 2.24) is 15.3 Å². The smallest absolute Gasteiger partial charge is 0.159 e. The second-order valence-electron chi connectivity index (χ2n) is 5.73. The molecule has 1 atom stereocenters. The van der Waals surface area contributed by atoms with E-state index >= 15 is 0 Å². The summed E-state index contributed by atoms with van der Waals surface area (Å²) in [6.45, 7) is 3.19. The van der Waals surface area contributed by atoms with Crippen molar-refractivity contribution in [3.05, 3.63) is 45.7 Å². The van der Waals surface area contributed by atoms with Gasteiger partial charge in [0.1, 0.15) is 0 Å². The molecule has 1 aliphatic rings. The van der Waals surface area contributed by atoms with Gasteiger partial charge in [0.15, 0.2) is 5.82 Å². The Morgan fingerprint density at radius 3 is 2.95 bits per heavy atom. The number of aryl methyl sites for hydroxylation is 2. The molecule has 3 rings (SSSR count). The van der Waals surface area contributed by atoms with Crippen molar-refractivity contribution >= 4 is 15.9 Å². The van der Waals surface area contributed by atoms with Crippen molar-refractivity contribution in [1.29, 1.82) is 0 Å². The first-order valence-electron chi connectivity index (χ1n) is 7.44. The lowest BCUT2D eigenvalue weighted by Gasteiger charge is -2.25. The van der Waals surface area contributed by atoms with Crippen LogP contribution >= 0.6 is 15.9 Å². The molecule has 1 unspecified atom stereocenters. The molecule has 1 aromatic carbocycles. The van der Waals surface area contributed by atoms with Crippen LogP contribution in [0.5, 0.6) is 0 Å². The maximum Gasteiger partial charge on any atom is 0.159 e. The van der Waals surface area contributed by atoms with Gasteiger partial charge in [-0.05, 0) is 63.4 Å². The zero-order chi connectivity index (χ0) is 14.8. The first kappa shape index (κ1) is 14.7. The fraction of sp³-hybridized carbons (Fsp3) is 0.412. The molecule has 0 spiro atoms. The quantitative estimate of drug-likeness (QED) is 0.924. The second kappa shape index (κ2) is 6.24. The van der Waals surface area contributed by atoms with Crippen LogP contribution in [0, 0.1) is 12.8 Å². The fourth-order valence-electron chi connectivity index (χ4n) is 3.08. The molecule has 0 aliphatic heterocycles. The molecule has 3 nitrogen and oxygen atoms in total. The van der Waals surface area contributed by atoms with Crippen LogP contribution in [0.1, 0.15) is 23.4 Å². The fourth-order valence-corrected chi connectivity index (χ4v) is 3.48. The van der Waals surface area contributed by atoms with E-state index in [2.05, 4.69) is 40.3 Å². The molecule has 1 N–H and O–H groups in total. The van der Waals surface area contributed by atoms with E-state index in [1.807, 2.05) is 19.2 Å². The monoisotopic (exact) mass is 345 g/mol. The third kappa shape index (κ3) is 3.16. The van der Waals surface area contributed by atoms with Gasteiger partial charge in [-0.1, -0.05) is 28.1 Å². The summed E-state index contributed by atoms with van der Waals surface area (Å²) in [5.41, 5.74) is 4.81. The average molecular weight is 346 g/mol. The SMILES string of the molecule is CNCC1CCc2nc(-c3cccc(Br)c3)nc(C)c2C1. The minimum absolute atomic E-state index is 0.710. The molecule has 0 radical (unpaired) electrons. The Morgan fingerprint density at radius 1 is 1.33 bits per heavy atom. The highest BCUT2D eigenvalue weighted by Crippen LogP contribution is 2.28. The summed E-state index contributed by atoms with van der Waals surface area (Å²) in [7, 11) is 2.02. The second-order valence-corrected chi connectivity index (χ2v) is 6.65.